The first-order valence-corrected chi connectivity index (χ1v) is 7.85. The van der Waals surface area contributed by atoms with E-state index in [2.05, 4.69) is 10.6 Å². The molecule has 5 nitrogen and oxygen atoms in total. The Morgan fingerprint density at radius 2 is 1.72 bits per heavy atom. The molecule has 2 N–H and O–H groups in total. The Hall–Kier alpha value is -3.39. The maximum atomic E-state index is 12.3. The van der Waals surface area contributed by atoms with Gasteiger partial charge in [0.05, 0.1) is 6.04 Å². The summed E-state index contributed by atoms with van der Waals surface area (Å²) in [6.07, 6.45) is 1.52. The highest BCUT2D eigenvalue weighted by atomic mass is 16.2. The van der Waals surface area contributed by atoms with Gasteiger partial charge in [0.1, 0.15) is 11.6 Å². The quantitative estimate of drug-likeness (QED) is 0.649. The van der Waals surface area contributed by atoms with E-state index >= 15 is 0 Å². The van der Waals surface area contributed by atoms with Crippen molar-refractivity contribution in [3.63, 3.8) is 0 Å². The van der Waals surface area contributed by atoms with Gasteiger partial charge in [-0.15, -0.1) is 0 Å². The zero-order valence-electron chi connectivity index (χ0n) is 14.1. The minimum atomic E-state index is -0.426. The summed E-state index contributed by atoms with van der Waals surface area (Å²) in [5.41, 5.74) is 2.35. The Bertz CT molecular complexity index is 818. The van der Waals surface area contributed by atoms with Crippen LogP contribution in [0.1, 0.15) is 31.0 Å². The standard InChI is InChI=1S/C20H19N3O2/c1-14(17-6-4-3-5-7-17)22-20(25)18(13-21)12-16-8-10-19(11-9-16)23-15(2)24/h3-12,14H,1-2H3,(H,22,25)(H,23,24)/b18-12+/t14-/m0/s1. The maximum absolute atomic E-state index is 12.3. The summed E-state index contributed by atoms with van der Waals surface area (Å²) in [7, 11) is 0. The van der Waals surface area contributed by atoms with Crippen molar-refractivity contribution in [2.45, 2.75) is 19.9 Å². The summed E-state index contributed by atoms with van der Waals surface area (Å²) in [6, 6.07) is 18.2. The van der Waals surface area contributed by atoms with Gasteiger partial charge >= 0.3 is 0 Å². The third-order valence-corrected chi connectivity index (χ3v) is 3.55. The van der Waals surface area contributed by atoms with Crippen molar-refractivity contribution in [2.24, 2.45) is 0 Å². The maximum Gasteiger partial charge on any atom is 0.262 e. The van der Waals surface area contributed by atoms with Crippen LogP contribution in [0.2, 0.25) is 0 Å². The summed E-state index contributed by atoms with van der Waals surface area (Å²) in [5, 5.41) is 14.8. The number of carbonyl (C=O) groups is 2. The lowest BCUT2D eigenvalue weighted by atomic mass is 10.1. The molecule has 5 heteroatoms. The molecular formula is C20H19N3O2. The molecular weight excluding hydrogens is 314 g/mol. The number of benzene rings is 2. The molecule has 0 aliphatic carbocycles. The fourth-order valence-electron chi connectivity index (χ4n) is 2.28. The lowest BCUT2D eigenvalue weighted by Gasteiger charge is -2.13. The Kier molecular flexibility index (Phi) is 6.08. The van der Waals surface area contributed by atoms with Crippen molar-refractivity contribution in [1.82, 2.24) is 5.32 Å². The summed E-state index contributed by atoms with van der Waals surface area (Å²) in [4.78, 5) is 23.3. The highest BCUT2D eigenvalue weighted by molar-refractivity contribution is 6.02. The van der Waals surface area contributed by atoms with E-state index < -0.39 is 5.91 Å². The molecule has 0 saturated heterocycles. The number of anilines is 1. The molecule has 0 unspecified atom stereocenters. The highest BCUT2D eigenvalue weighted by Crippen LogP contribution is 2.15. The first-order chi connectivity index (χ1) is 12.0. The number of hydrogen-bond donors (Lipinski definition) is 2. The summed E-state index contributed by atoms with van der Waals surface area (Å²) < 4.78 is 0. The number of rotatable bonds is 5. The van der Waals surface area contributed by atoms with E-state index in [0.29, 0.717) is 11.3 Å². The zero-order chi connectivity index (χ0) is 18.2. The van der Waals surface area contributed by atoms with Gasteiger partial charge in [-0.3, -0.25) is 9.59 Å². The molecule has 126 valence electrons. The van der Waals surface area contributed by atoms with Gasteiger partial charge in [-0.25, -0.2) is 0 Å². The molecule has 0 bridgehead atoms. The number of amides is 2. The summed E-state index contributed by atoms with van der Waals surface area (Å²) >= 11 is 0. The van der Waals surface area contributed by atoms with E-state index in [0.717, 1.165) is 5.56 Å². The fourth-order valence-corrected chi connectivity index (χ4v) is 2.28. The average molecular weight is 333 g/mol. The van der Waals surface area contributed by atoms with Crippen molar-refractivity contribution >= 4 is 23.6 Å². The van der Waals surface area contributed by atoms with Crippen molar-refractivity contribution in [1.29, 1.82) is 5.26 Å². The smallest absolute Gasteiger partial charge is 0.262 e. The number of nitrogens with one attached hydrogen (secondary N) is 2. The topological polar surface area (TPSA) is 82.0 Å². The number of hydrogen-bond acceptors (Lipinski definition) is 3. The van der Waals surface area contributed by atoms with Crippen LogP contribution in [0.4, 0.5) is 5.69 Å². The first kappa shape index (κ1) is 18.0. The SMILES string of the molecule is CC(=O)Nc1ccc(/C=C(\C#N)C(=O)N[C@@H](C)c2ccccc2)cc1. The molecule has 2 amide bonds. The van der Waals surface area contributed by atoms with Gasteiger partial charge in [0.25, 0.3) is 5.91 Å². The van der Waals surface area contributed by atoms with Crippen LogP contribution in [0, 0.1) is 11.3 Å². The average Bonchev–Trinajstić information content (AvgIpc) is 2.61. The van der Waals surface area contributed by atoms with E-state index in [1.807, 2.05) is 43.3 Å². The molecule has 25 heavy (non-hydrogen) atoms. The van der Waals surface area contributed by atoms with Crippen molar-refractivity contribution in [3.8, 4) is 6.07 Å². The van der Waals surface area contributed by atoms with E-state index in [1.165, 1.54) is 13.0 Å². The third-order valence-electron chi connectivity index (χ3n) is 3.55. The molecule has 2 rings (SSSR count). The van der Waals surface area contributed by atoms with Crippen LogP contribution in [0.25, 0.3) is 6.08 Å². The van der Waals surface area contributed by atoms with Crippen LogP contribution in [0.15, 0.2) is 60.2 Å². The van der Waals surface area contributed by atoms with Gasteiger partial charge < -0.3 is 10.6 Å². The second-order valence-electron chi connectivity index (χ2n) is 5.58. The van der Waals surface area contributed by atoms with Gasteiger partial charge in [0.2, 0.25) is 5.91 Å². The highest BCUT2D eigenvalue weighted by Gasteiger charge is 2.13. The molecule has 0 aliphatic heterocycles. The molecule has 2 aromatic carbocycles. The molecule has 1 atom stereocenters. The Balaban J connectivity index is 2.10. The minimum absolute atomic E-state index is 0.0232. The van der Waals surface area contributed by atoms with Gasteiger partial charge in [0.15, 0.2) is 0 Å². The summed E-state index contributed by atoms with van der Waals surface area (Å²) in [6.45, 7) is 3.30. The number of nitrogens with zero attached hydrogens (tertiary/aromatic N) is 1. The molecule has 0 saturated carbocycles. The van der Waals surface area contributed by atoms with Crippen molar-refractivity contribution in [2.75, 3.05) is 5.32 Å². The van der Waals surface area contributed by atoms with Crippen LogP contribution >= 0.6 is 0 Å². The minimum Gasteiger partial charge on any atom is -0.345 e. The Labute approximate surface area is 147 Å². The lowest BCUT2D eigenvalue weighted by molar-refractivity contribution is -0.117. The molecule has 2 aromatic rings. The second kappa shape index (κ2) is 8.46. The van der Waals surface area contributed by atoms with Crippen LogP contribution in [0.5, 0.6) is 0 Å². The largest absolute Gasteiger partial charge is 0.345 e. The van der Waals surface area contributed by atoms with Crippen LogP contribution in [-0.2, 0) is 9.59 Å². The Morgan fingerprint density at radius 3 is 2.28 bits per heavy atom. The van der Waals surface area contributed by atoms with Gasteiger partial charge in [-0.1, -0.05) is 42.5 Å². The Morgan fingerprint density at radius 1 is 1.08 bits per heavy atom. The van der Waals surface area contributed by atoms with E-state index in [9.17, 15) is 14.9 Å². The van der Waals surface area contributed by atoms with E-state index in [-0.39, 0.29) is 17.5 Å². The predicted molar refractivity (Wildman–Crippen MR) is 97.3 cm³/mol. The fraction of sp³-hybridized carbons (Fsp3) is 0.150. The second-order valence-corrected chi connectivity index (χ2v) is 5.58. The monoisotopic (exact) mass is 333 g/mol. The number of nitriles is 1. The van der Waals surface area contributed by atoms with Crippen molar-refractivity contribution < 1.29 is 9.59 Å². The molecule has 0 fully saturated rings. The van der Waals surface area contributed by atoms with E-state index in [4.69, 9.17) is 0 Å². The number of carbonyl (C=O) groups excluding carboxylic acids is 2. The van der Waals surface area contributed by atoms with Crippen molar-refractivity contribution in [3.05, 3.63) is 71.3 Å². The molecule has 0 radical (unpaired) electrons. The lowest BCUT2D eigenvalue weighted by Crippen LogP contribution is -2.27. The van der Waals surface area contributed by atoms with Gasteiger partial charge in [-0.05, 0) is 36.3 Å². The molecule has 0 aliphatic rings. The zero-order valence-corrected chi connectivity index (χ0v) is 14.1. The first-order valence-electron chi connectivity index (χ1n) is 7.85. The molecule has 0 spiro atoms. The van der Waals surface area contributed by atoms with Crippen LogP contribution in [0.3, 0.4) is 0 Å². The van der Waals surface area contributed by atoms with Crippen LogP contribution in [-0.4, -0.2) is 11.8 Å². The predicted octanol–water partition coefficient (Wildman–Crippen LogP) is 3.43. The van der Waals surface area contributed by atoms with Gasteiger partial charge in [-0.2, -0.15) is 5.26 Å². The van der Waals surface area contributed by atoms with Gasteiger partial charge in [0, 0.05) is 12.6 Å². The normalized spacial score (nSPS) is 12.0. The third kappa shape index (κ3) is 5.33. The molecule has 0 aromatic heterocycles. The summed E-state index contributed by atoms with van der Waals surface area (Å²) in [5.74, 6) is -0.583. The van der Waals surface area contributed by atoms with Crippen LogP contribution < -0.4 is 10.6 Å². The van der Waals surface area contributed by atoms with E-state index in [1.54, 1.807) is 24.3 Å². The molecule has 0 heterocycles.